The summed E-state index contributed by atoms with van der Waals surface area (Å²) < 4.78 is 0. The first kappa shape index (κ1) is 21.0. The number of carbonyl (C=O) groups is 1. The van der Waals surface area contributed by atoms with Gasteiger partial charge in [-0.3, -0.25) is 4.79 Å². The summed E-state index contributed by atoms with van der Waals surface area (Å²) in [6.45, 7) is 6.46. The van der Waals surface area contributed by atoms with E-state index in [1.165, 1.54) is 0 Å². The van der Waals surface area contributed by atoms with Crippen LogP contribution in [0.3, 0.4) is 0 Å². The van der Waals surface area contributed by atoms with Gasteiger partial charge in [0.25, 0.3) is 0 Å². The Morgan fingerprint density at radius 2 is 1.96 bits per heavy atom. The van der Waals surface area contributed by atoms with Gasteiger partial charge < -0.3 is 35.5 Å². The normalized spacial score (nSPS) is 22.4. The van der Waals surface area contributed by atoms with Gasteiger partial charge in [-0.2, -0.15) is 0 Å². The van der Waals surface area contributed by atoms with E-state index in [0.717, 1.165) is 5.70 Å². The monoisotopic (exact) mass is 355 g/mol. The number of aliphatic hydroxyl groups excluding tert-OH is 2. The Balaban J connectivity index is 2.94. The first-order valence-electron chi connectivity index (χ1n) is 8.29. The first-order chi connectivity index (χ1) is 11.8. The molecule has 1 heterocycles. The molecule has 0 spiro atoms. The van der Waals surface area contributed by atoms with Gasteiger partial charge in [0.1, 0.15) is 0 Å². The predicted molar refractivity (Wildman–Crippen MR) is 94.1 cm³/mol. The van der Waals surface area contributed by atoms with Gasteiger partial charge in [-0.1, -0.05) is 12.7 Å². The maximum atomic E-state index is 10.8. The molecule has 0 bridgehead atoms. The molecule has 8 nitrogen and oxygen atoms in total. The largest absolute Gasteiger partial charge is 0.481 e. The van der Waals surface area contributed by atoms with Crippen LogP contribution in [0.5, 0.6) is 0 Å². The summed E-state index contributed by atoms with van der Waals surface area (Å²) in [5.74, 6) is -2.30. The van der Waals surface area contributed by atoms with Gasteiger partial charge in [0, 0.05) is 38.7 Å². The van der Waals surface area contributed by atoms with Crippen LogP contribution in [-0.2, 0) is 4.79 Å². The van der Waals surface area contributed by atoms with E-state index in [4.69, 9.17) is 5.11 Å². The van der Waals surface area contributed by atoms with Crippen molar-refractivity contribution in [3.05, 3.63) is 35.8 Å². The number of likely N-dealkylation sites (N-methyl/N-ethyl adjacent to an activating group) is 1. The maximum absolute atomic E-state index is 10.8. The third-order valence-corrected chi connectivity index (χ3v) is 4.21. The number of carboxylic acids is 1. The maximum Gasteiger partial charge on any atom is 0.303 e. The molecule has 1 saturated heterocycles. The molecule has 1 fully saturated rings. The fourth-order valence-corrected chi connectivity index (χ4v) is 2.73. The molecule has 0 saturated carbocycles. The topological polar surface area (TPSA) is 116 Å². The van der Waals surface area contributed by atoms with Crippen LogP contribution in [0.25, 0.3) is 0 Å². The van der Waals surface area contributed by atoms with Crippen molar-refractivity contribution in [2.24, 2.45) is 0 Å². The highest BCUT2D eigenvalue weighted by molar-refractivity contribution is 5.66. The number of allylic oxidation sites excluding steroid dienone is 2. The van der Waals surface area contributed by atoms with Crippen LogP contribution >= 0.6 is 0 Å². The van der Waals surface area contributed by atoms with E-state index in [2.05, 4.69) is 11.9 Å². The minimum Gasteiger partial charge on any atom is -0.481 e. The van der Waals surface area contributed by atoms with E-state index in [9.17, 15) is 20.1 Å². The lowest BCUT2D eigenvalue weighted by molar-refractivity contribution is -0.137. The average Bonchev–Trinajstić information content (AvgIpc) is 2.76. The van der Waals surface area contributed by atoms with E-state index in [0.29, 0.717) is 30.9 Å². The molecule has 1 unspecified atom stereocenters. The molecule has 1 atom stereocenters. The van der Waals surface area contributed by atoms with Crippen LogP contribution in [0.15, 0.2) is 35.8 Å². The van der Waals surface area contributed by atoms with Gasteiger partial charge in [-0.15, -0.1) is 0 Å². The highest BCUT2D eigenvalue weighted by atomic mass is 16.4. The molecular weight excluding hydrogens is 326 g/mol. The molecule has 0 aromatic heterocycles. The van der Waals surface area contributed by atoms with Crippen molar-refractivity contribution >= 4 is 5.97 Å². The van der Waals surface area contributed by atoms with E-state index in [1.807, 2.05) is 17.9 Å². The van der Waals surface area contributed by atoms with Gasteiger partial charge in [-0.05, 0) is 19.4 Å². The molecule has 8 heteroatoms. The summed E-state index contributed by atoms with van der Waals surface area (Å²) >= 11 is 0. The van der Waals surface area contributed by atoms with Crippen LogP contribution < -0.4 is 5.32 Å². The standard InChI is InChI=1S/C17H29N3O5/c1-4-14(20(8-10-21)9-11-22)12-15-13(2)19(3)17(25,18-15)7-5-6-16(23)24/h4,12,18,21-22,25H,2,5-11H2,1,3H3,(H,23,24)/b14-4+,15-12+. The lowest BCUT2D eigenvalue weighted by Crippen LogP contribution is -2.49. The Morgan fingerprint density at radius 3 is 2.44 bits per heavy atom. The summed E-state index contributed by atoms with van der Waals surface area (Å²) in [7, 11) is 1.69. The number of nitrogens with zero attached hydrogens (tertiary/aromatic N) is 2. The molecule has 1 aliphatic heterocycles. The highest BCUT2D eigenvalue weighted by Crippen LogP contribution is 2.31. The van der Waals surface area contributed by atoms with E-state index < -0.39 is 11.8 Å². The van der Waals surface area contributed by atoms with Gasteiger partial charge in [-0.25, -0.2) is 0 Å². The zero-order chi connectivity index (χ0) is 19.0. The van der Waals surface area contributed by atoms with Crippen molar-refractivity contribution in [2.45, 2.75) is 32.0 Å². The number of hydrogen-bond acceptors (Lipinski definition) is 7. The summed E-state index contributed by atoms with van der Waals surface area (Å²) in [4.78, 5) is 14.1. The zero-order valence-electron chi connectivity index (χ0n) is 14.9. The van der Waals surface area contributed by atoms with Crippen LogP contribution in [0.2, 0.25) is 0 Å². The molecular formula is C17H29N3O5. The molecule has 1 rings (SSSR count). The number of aliphatic carboxylic acids is 1. The van der Waals surface area contributed by atoms with Crippen molar-refractivity contribution in [1.29, 1.82) is 0 Å². The first-order valence-corrected chi connectivity index (χ1v) is 8.29. The summed E-state index contributed by atoms with van der Waals surface area (Å²) in [5, 5.41) is 40.9. The molecule has 5 N–H and O–H groups in total. The molecule has 0 aromatic carbocycles. The molecule has 25 heavy (non-hydrogen) atoms. The fraction of sp³-hybridized carbons (Fsp3) is 0.588. The summed E-state index contributed by atoms with van der Waals surface area (Å²) in [6.07, 6.45) is 4.16. The predicted octanol–water partition coefficient (Wildman–Crippen LogP) is 0.0104. The van der Waals surface area contributed by atoms with Crippen LogP contribution in [-0.4, -0.2) is 75.4 Å². The molecule has 0 amide bonds. The molecule has 0 radical (unpaired) electrons. The lowest BCUT2D eigenvalue weighted by atomic mass is 10.1. The van der Waals surface area contributed by atoms with Gasteiger partial charge >= 0.3 is 5.97 Å². The third-order valence-electron chi connectivity index (χ3n) is 4.21. The Labute approximate surface area is 148 Å². The molecule has 0 aromatic rings. The highest BCUT2D eigenvalue weighted by Gasteiger charge is 2.40. The lowest BCUT2D eigenvalue weighted by Gasteiger charge is -2.31. The van der Waals surface area contributed by atoms with Crippen molar-refractivity contribution in [1.82, 2.24) is 15.1 Å². The van der Waals surface area contributed by atoms with Gasteiger partial charge in [0.15, 0.2) is 0 Å². The number of rotatable bonds is 10. The zero-order valence-corrected chi connectivity index (χ0v) is 14.9. The van der Waals surface area contributed by atoms with Crippen molar-refractivity contribution in [3.8, 4) is 0 Å². The molecule has 0 aliphatic carbocycles. The second-order valence-corrected chi connectivity index (χ2v) is 5.90. The Bertz CT molecular complexity index is 540. The van der Waals surface area contributed by atoms with E-state index in [-0.39, 0.29) is 26.1 Å². The second kappa shape index (κ2) is 9.45. The van der Waals surface area contributed by atoms with E-state index >= 15 is 0 Å². The SMILES string of the molecule is C=C1/C(=C\C(=C/C)N(CCO)CCO)NC(O)(CCCC(=O)O)N1C. The average molecular weight is 355 g/mol. The fourth-order valence-electron chi connectivity index (χ4n) is 2.73. The van der Waals surface area contributed by atoms with Gasteiger partial charge in [0.05, 0.1) is 24.6 Å². The van der Waals surface area contributed by atoms with Crippen LogP contribution in [0.1, 0.15) is 26.2 Å². The number of hydrogen-bond donors (Lipinski definition) is 5. The third kappa shape index (κ3) is 5.48. The Kier molecular flexibility index (Phi) is 7.95. The van der Waals surface area contributed by atoms with Crippen molar-refractivity contribution < 1.29 is 25.2 Å². The summed E-state index contributed by atoms with van der Waals surface area (Å²) in [6, 6.07) is 0. The summed E-state index contributed by atoms with van der Waals surface area (Å²) in [5.41, 5.74) is 1.95. The molecule has 1 aliphatic rings. The van der Waals surface area contributed by atoms with Crippen molar-refractivity contribution in [3.63, 3.8) is 0 Å². The Morgan fingerprint density at radius 1 is 1.36 bits per heavy atom. The number of nitrogens with one attached hydrogen (secondary N) is 1. The minimum absolute atomic E-state index is 0.0236. The Hall–Kier alpha value is -2.03. The molecule has 142 valence electrons. The van der Waals surface area contributed by atoms with Crippen LogP contribution in [0, 0.1) is 0 Å². The minimum atomic E-state index is -1.39. The van der Waals surface area contributed by atoms with Gasteiger partial charge in [0.2, 0.25) is 5.85 Å². The smallest absolute Gasteiger partial charge is 0.303 e. The van der Waals surface area contributed by atoms with Crippen molar-refractivity contribution in [2.75, 3.05) is 33.4 Å². The van der Waals surface area contributed by atoms with E-state index in [1.54, 1.807) is 18.0 Å². The quantitative estimate of drug-likeness (QED) is 0.372. The number of carboxylic acid groups (broad SMARTS) is 1. The second-order valence-electron chi connectivity index (χ2n) is 5.90. The number of aliphatic hydroxyl groups is 3. The van der Waals surface area contributed by atoms with Crippen LogP contribution in [0.4, 0.5) is 0 Å².